The largest absolute Gasteiger partial charge is 0.351 e. The number of hydrazine groups is 1. The van der Waals surface area contributed by atoms with E-state index < -0.39 is 30.3 Å². The summed E-state index contributed by atoms with van der Waals surface area (Å²) in [5.41, 5.74) is 4.58. The second-order valence-corrected chi connectivity index (χ2v) is 10.6. The van der Waals surface area contributed by atoms with Crippen molar-refractivity contribution in [3.05, 3.63) is 71.1 Å². The third-order valence-corrected chi connectivity index (χ3v) is 7.46. The van der Waals surface area contributed by atoms with E-state index in [1.54, 1.807) is 30.2 Å². The van der Waals surface area contributed by atoms with E-state index in [0.29, 0.717) is 26.3 Å². The Labute approximate surface area is 246 Å². The molecule has 0 aliphatic rings. The number of urea groups is 1. The van der Waals surface area contributed by atoms with Crippen LogP contribution in [-0.4, -0.2) is 72.9 Å². The van der Waals surface area contributed by atoms with Gasteiger partial charge < -0.3 is 25.0 Å². The minimum absolute atomic E-state index is 0.137. The van der Waals surface area contributed by atoms with Crippen molar-refractivity contribution in [1.29, 1.82) is 0 Å². The van der Waals surface area contributed by atoms with Gasteiger partial charge in [-0.2, -0.15) is 0 Å². The van der Waals surface area contributed by atoms with E-state index in [1.807, 2.05) is 69.3 Å². The number of amides is 4. The number of thiophene rings is 1. The maximum absolute atomic E-state index is 13.8. The van der Waals surface area contributed by atoms with Crippen molar-refractivity contribution in [3.8, 4) is 0 Å². The number of hydrogen-bond donors (Lipinski definition) is 3. The first-order valence-electron chi connectivity index (χ1n) is 13.8. The lowest BCUT2D eigenvalue weighted by Gasteiger charge is -2.36. The number of hydrogen-bond acceptors (Lipinski definition) is 7. The summed E-state index contributed by atoms with van der Waals surface area (Å²) < 4.78 is 12.8. The molecule has 3 rings (SSSR count). The van der Waals surface area contributed by atoms with Crippen molar-refractivity contribution < 1.29 is 23.9 Å². The minimum Gasteiger partial charge on any atom is -0.351 e. The highest BCUT2D eigenvalue weighted by Crippen LogP contribution is 2.28. The summed E-state index contributed by atoms with van der Waals surface area (Å²) in [6, 6.07) is 15.9. The Morgan fingerprint density at radius 3 is 2.29 bits per heavy atom. The molecule has 2 unspecified atom stereocenters. The average Bonchev–Trinajstić information content (AvgIpc) is 3.37. The molecule has 11 heteroatoms. The zero-order chi connectivity index (χ0) is 29.8. The highest BCUT2D eigenvalue weighted by Gasteiger charge is 2.32. The Balaban J connectivity index is 1.63. The predicted molar refractivity (Wildman–Crippen MR) is 161 cm³/mol. The van der Waals surface area contributed by atoms with Gasteiger partial charge in [0.25, 0.3) is 0 Å². The zero-order valence-corrected chi connectivity index (χ0v) is 25.2. The van der Waals surface area contributed by atoms with Crippen LogP contribution in [0.1, 0.15) is 38.8 Å². The first-order chi connectivity index (χ1) is 19.7. The summed E-state index contributed by atoms with van der Waals surface area (Å²) in [6.45, 7) is 8.73. The Hall–Kier alpha value is -3.51. The van der Waals surface area contributed by atoms with Crippen LogP contribution in [0, 0.1) is 0 Å². The highest BCUT2D eigenvalue weighted by molar-refractivity contribution is 7.17. The summed E-state index contributed by atoms with van der Waals surface area (Å²) >= 11 is 1.63. The van der Waals surface area contributed by atoms with Gasteiger partial charge in [0.2, 0.25) is 11.8 Å². The average molecular weight is 584 g/mol. The van der Waals surface area contributed by atoms with Crippen LogP contribution in [0.5, 0.6) is 0 Å². The molecule has 2 atom stereocenters. The van der Waals surface area contributed by atoms with Crippen molar-refractivity contribution in [3.63, 3.8) is 0 Å². The Kier molecular flexibility index (Phi) is 12.5. The standard InChI is InChI=1S/C30H41N5O5S/c1-6-39-29(40-7-2)22(4)35(18-24-20-41-26-16-12-11-15-25(24)26)28(37)21(3)32-27(36)19-34(5)33-30(38)31-17-23-13-9-8-10-14-23/h8-16,20-22,29H,6-7,17-19H2,1-5H3,(H,32,36)(H2,31,33,38). The van der Waals surface area contributed by atoms with Crippen LogP contribution in [0.25, 0.3) is 10.1 Å². The van der Waals surface area contributed by atoms with E-state index in [9.17, 15) is 14.4 Å². The molecular formula is C30H41N5O5S. The minimum atomic E-state index is -0.820. The Morgan fingerprint density at radius 2 is 1.61 bits per heavy atom. The van der Waals surface area contributed by atoms with E-state index in [-0.39, 0.29) is 12.5 Å². The van der Waals surface area contributed by atoms with Crippen molar-refractivity contribution in [2.75, 3.05) is 26.8 Å². The van der Waals surface area contributed by atoms with Gasteiger partial charge in [0.1, 0.15) is 6.04 Å². The van der Waals surface area contributed by atoms with E-state index in [0.717, 1.165) is 21.2 Å². The Bertz CT molecular complexity index is 1260. The fraction of sp³-hybridized carbons (Fsp3) is 0.433. The molecule has 41 heavy (non-hydrogen) atoms. The van der Waals surface area contributed by atoms with Crippen LogP contribution in [0.4, 0.5) is 4.79 Å². The smallest absolute Gasteiger partial charge is 0.329 e. The second-order valence-electron chi connectivity index (χ2n) is 9.67. The molecule has 0 spiro atoms. The van der Waals surface area contributed by atoms with Crippen molar-refractivity contribution in [2.45, 2.75) is 59.2 Å². The number of rotatable bonds is 15. The molecule has 0 fully saturated rings. The van der Waals surface area contributed by atoms with Gasteiger partial charge in [-0.1, -0.05) is 48.5 Å². The van der Waals surface area contributed by atoms with Crippen molar-refractivity contribution >= 4 is 39.3 Å². The lowest BCUT2D eigenvalue weighted by Crippen LogP contribution is -2.55. The highest BCUT2D eigenvalue weighted by atomic mass is 32.1. The molecule has 0 saturated carbocycles. The number of carbonyl (C=O) groups is 3. The SMILES string of the molecule is CCOC(OCC)C(C)N(Cc1csc2ccccc12)C(=O)C(C)NC(=O)CN(C)NC(=O)NCc1ccccc1. The molecule has 0 aliphatic heterocycles. The van der Waals surface area contributed by atoms with Crippen LogP contribution in [0.2, 0.25) is 0 Å². The van der Waals surface area contributed by atoms with Gasteiger partial charge in [-0.15, -0.1) is 11.3 Å². The van der Waals surface area contributed by atoms with Gasteiger partial charge in [-0.3, -0.25) is 15.0 Å². The number of benzene rings is 2. The summed E-state index contributed by atoms with van der Waals surface area (Å²) in [5, 5.41) is 10.0. The summed E-state index contributed by atoms with van der Waals surface area (Å²) in [6.07, 6.45) is -0.619. The van der Waals surface area contributed by atoms with Crippen LogP contribution >= 0.6 is 11.3 Å². The molecule has 0 bridgehead atoms. The zero-order valence-electron chi connectivity index (χ0n) is 24.4. The molecule has 0 aliphatic carbocycles. The van der Waals surface area contributed by atoms with Gasteiger partial charge in [0.05, 0.1) is 12.6 Å². The lowest BCUT2D eigenvalue weighted by atomic mass is 10.1. The van der Waals surface area contributed by atoms with Crippen LogP contribution < -0.4 is 16.1 Å². The van der Waals surface area contributed by atoms with E-state index >= 15 is 0 Å². The maximum Gasteiger partial charge on any atom is 0.329 e. The molecular weight excluding hydrogens is 542 g/mol. The van der Waals surface area contributed by atoms with E-state index in [1.165, 1.54) is 5.01 Å². The predicted octanol–water partition coefficient (Wildman–Crippen LogP) is 3.87. The molecule has 0 radical (unpaired) electrons. The maximum atomic E-state index is 13.8. The molecule has 3 aromatic rings. The topological polar surface area (TPSA) is 112 Å². The summed E-state index contributed by atoms with van der Waals surface area (Å²) in [4.78, 5) is 40.5. The van der Waals surface area contributed by atoms with Crippen LogP contribution in [-0.2, 0) is 32.2 Å². The van der Waals surface area contributed by atoms with E-state index in [2.05, 4.69) is 27.5 Å². The van der Waals surface area contributed by atoms with Crippen molar-refractivity contribution in [1.82, 2.24) is 26.0 Å². The lowest BCUT2D eigenvalue weighted by molar-refractivity contribution is -0.179. The van der Waals surface area contributed by atoms with Gasteiger partial charge >= 0.3 is 6.03 Å². The molecule has 0 saturated heterocycles. The van der Waals surface area contributed by atoms with Gasteiger partial charge in [0, 0.05) is 38.1 Å². The molecule has 1 aromatic heterocycles. The molecule has 2 aromatic carbocycles. The van der Waals surface area contributed by atoms with Crippen molar-refractivity contribution in [2.24, 2.45) is 0 Å². The normalized spacial score (nSPS) is 12.8. The second kappa shape index (κ2) is 16.1. The fourth-order valence-corrected chi connectivity index (χ4v) is 5.36. The van der Waals surface area contributed by atoms with Gasteiger partial charge in [-0.25, -0.2) is 9.80 Å². The van der Waals surface area contributed by atoms with E-state index in [4.69, 9.17) is 9.47 Å². The first kappa shape index (κ1) is 32.0. The monoisotopic (exact) mass is 583 g/mol. The first-order valence-corrected chi connectivity index (χ1v) is 14.7. The summed E-state index contributed by atoms with van der Waals surface area (Å²) in [5.74, 6) is -0.668. The molecule has 10 nitrogen and oxygen atoms in total. The van der Waals surface area contributed by atoms with Crippen LogP contribution in [0.3, 0.4) is 0 Å². The Morgan fingerprint density at radius 1 is 0.951 bits per heavy atom. The molecule has 3 N–H and O–H groups in total. The third-order valence-electron chi connectivity index (χ3n) is 6.45. The summed E-state index contributed by atoms with van der Waals surface area (Å²) in [7, 11) is 1.58. The van der Waals surface area contributed by atoms with Gasteiger partial charge in [0.15, 0.2) is 6.29 Å². The molecule has 4 amide bonds. The van der Waals surface area contributed by atoms with Crippen LogP contribution in [0.15, 0.2) is 60.0 Å². The third kappa shape index (κ3) is 9.53. The number of nitrogens with one attached hydrogen (secondary N) is 3. The number of fused-ring (bicyclic) bond motifs is 1. The molecule has 222 valence electrons. The fourth-order valence-electron chi connectivity index (χ4n) is 4.41. The number of ether oxygens (including phenoxy) is 2. The molecule has 1 heterocycles. The van der Waals surface area contributed by atoms with Gasteiger partial charge in [-0.05, 0) is 55.7 Å². The number of likely N-dealkylation sites (N-methyl/N-ethyl adjacent to an activating group) is 1. The number of nitrogens with zero attached hydrogens (tertiary/aromatic N) is 2. The number of carbonyl (C=O) groups excluding carboxylic acids is 3. The quantitative estimate of drug-likeness (QED) is 0.185.